The summed E-state index contributed by atoms with van der Waals surface area (Å²) in [6, 6.07) is 4.11. The highest BCUT2D eigenvalue weighted by atomic mass is 32.3. The van der Waals surface area contributed by atoms with Crippen LogP contribution in [-0.4, -0.2) is 18.1 Å². The highest BCUT2D eigenvalue weighted by molar-refractivity contribution is 7.81. The number of hydrogen-bond donors (Lipinski definition) is 2. The first-order valence-corrected chi connectivity index (χ1v) is 4.71. The van der Waals surface area contributed by atoms with Gasteiger partial charge < -0.3 is 9.29 Å². The van der Waals surface area contributed by atoms with Gasteiger partial charge in [-0.15, -0.1) is 0 Å². The third-order valence-electron chi connectivity index (χ3n) is 1.31. The number of rotatable bonds is 2. The molecule has 0 amide bonds. The van der Waals surface area contributed by atoms with Crippen LogP contribution >= 0.6 is 0 Å². The van der Waals surface area contributed by atoms with Crippen molar-refractivity contribution in [2.24, 2.45) is 0 Å². The van der Waals surface area contributed by atoms with E-state index < -0.39 is 10.4 Å². The minimum Gasteiger partial charge on any atom is -0.504 e. The molecule has 0 aromatic heterocycles. The number of benzene rings is 1. The molecule has 0 saturated heterocycles. The van der Waals surface area contributed by atoms with Gasteiger partial charge in [-0.25, -0.2) is 0 Å². The van der Waals surface area contributed by atoms with E-state index in [0.29, 0.717) is 0 Å². The van der Waals surface area contributed by atoms with E-state index in [2.05, 4.69) is 4.18 Å². The number of phenolic OH excluding ortho intramolecular Hbond substituents is 1. The van der Waals surface area contributed by atoms with E-state index in [1.165, 1.54) is 12.1 Å². The Morgan fingerprint density at radius 3 is 2.46 bits per heavy atom. The topological polar surface area (TPSA) is 83.8 Å². The predicted octanol–water partition coefficient (Wildman–Crippen LogP) is 0.882. The summed E-state index contributed by atoms with van der Waals surface area (Å²) < 4.78 is 32.9. The number of phenols is 1. The van der Waals surface area contributed by atoms with Crippen molar-refractivity contribution in [2.45, 2.75) is 6.92 Å². The molecule has 0 fully saturated rings. The second-order valence-corrected chi connectivity index (χ2v) is 3.50. The zero-order valence-electron chi connectivity index (χ0n) is 6.76. The molecule has 1 rings (SSSR count). The van der Waals surface area contributed by atoms with Gasteiger partial charge in [0, 0.05) is 0 Å². The zero-order valence-corrected chi connectivity index (χ0v) is 7.58. The summed E-state index contributed by atoms with van der Waals surface area (Å²) in [5, 5.41) is 9.15. The third-order valence-corrected chi connectivity index (χ3v) is 1.70. The van der Waals surface area contributed by atoms with Crippen molar-refractivity contribution in [3.63, 3.8) is 0 Å². The van der Waals surface area contributed by atoms with Gasteiger partial charge in [0.15, 0.2) is 11.5 Å². The summed E-state index contributed by atoms with van der Waals surface area (Å²) in [5.74, 6) is -0.634. The van der Waals surface area contributed by atoms with Crippen molar-refractivity contribution < 1.29 is 22.3 Å². The molecule has 0 aliphatic carbocycles. The fourth-order valence-electron chi connectivity index (χ4n) is 0.811. The lowest BCUT2D eigenvalue weighted by Crippen LogP contribution is -2.06. The Bertz CT molecular complexity index is 409. The van der Waals surface area contributed by atoms with E-state index in [0.717, 1.165) is 5.56 Å². The number of aromatic hydroxyl groups is 1. The van der Waals surface area contributed by atoms with Crippen molar-refractivity contribution in [2.75, 3.05) is 0 Å². The molecule has 72 valence electrons. The van der Waals surface area contributed by atoms with Gasteiger partial charge in [0.05, 0.1) is 0 Å². The summed E-state index contributed by atoms with van der Waals surface area (Å²) in [4.78, 5) is 0. The van der Waals surface area contributed by atoms with Gasteiger partial charge in [0.1, 0.15) is 0 Å². The van der Waals surface area contributed by atoms with Crippen LogP contribution in [0, 0.1) is 6.92 Å². The summed E-state index contributed by atoms with van der Waals surface area (Å²) >= 11 is 0. The SMILES string of the molecule is Cc1ccc(OS(=O)(=O)O)c(O)c1. The van der Waals surface area contributed by atoms with Crippen LogP contribution in [-0.2, 0) is 10.4 Å². The van der Waals surface area contributed by atoms with Crippen LogP contribution in [0.4, 0.5) is 0 Å². The van der Waals surface area contributed by atoms with Gasteiger partial charge in [-0.05, 0) is 24.6 Å². The summed E-state index contributed by atoms with van der Waals surface area (Å²) in [6.07, 6.45) is 0. The standard InChI is InChI=1S/C7H8O5S/c1-5-2-3-7(6(8)4-5)12-13(9,10)11/h2-4,8H,1H3,(H,9,10,11). The average molecular weight is 204 g/mol. The van der Waals surface area contributed by atoms with E-state index in [1.54, 1.807) is 13.0 Å². The Labute approximate surface area is 75.5 Å². The zero-order chi connectivity index (χ0) is 10.1. The fraction of sp³-hybridized carbons (Fsp3) is 0.143. The second kappa shape index (κ2) is 3.23. The van der Waals surface area contributed by atoms with Crippen LogP contribution in [0.1, 0.15) is 5.56 Å². The molecule has 0 aliphatic rings. The first-order valence-electron chi connectivity index (χ1n) is 3.35. The number of aryl methyl sites for hydroxylation is 1. The Hall–Kier alpha value is -1.27. The van der Waals surface area contributed by atoms with E-state index in [1.807, 2.05) is 0 Å². The smallest absolute Gasteiger partial charge is 0.446 e. The van der Waals surface area contributed by atoms with Crippen molar-refractivity contribution in [1.82, 2.24) is 0 Å². The normalized spacial score (nSPS) is 11.2. The molecule has 5 nitrogen and oxygen atoms in total. The van der Waals surface area contributed by atoms with E-state index in [-0.39, 0.29) is 11.5 Å². The average Bonchev–Trinajstić information content (AvgIpc) is 1.93. The highest BCUT2D eigenvalue weighted by Gasteiger charge is 2.10. The first-order chi connectivity index (χ1) is 5.88. The van der Waals surface area contributed by atoms with Crippen molar-refractivity contribution >= 4 is 10.4 Å². The molecular formula is C7H8O5S. The van der Waals surface area contributed by atoms with Gasteiger partial charge in [0.25, 0.3) is 0 Å². The van der Waals surface area contributed by atoms with Crippen LogP contribution < -0.4 is 4.18 Å². The molecule has 2 N–H and O–H groups in total. The molecule has 0 radical (unpaired) electrons. The minimum absolute atomic E-state index is 0.298. The second-order valence-electron chi connectivity index (χ2n) is 2.48. The maximum atomic E-state index is 10.3. The van der Waals surface area contributed by atoms with E-state index >= 15 is 0 Å². The van der Waals surface area contributed by atoms with Crippen LogP contribution in [0.2, 0.25) is 0 Å². The molecule has 0 bridgehead atoms. The molecule has 13 heavy (non-hydrogen) atoms. The molecule has 0 atom stereocenters. The van der Waals surface area contributed by atoms with Crippen molar-refractivity contribution in [1.29, 1.82) is 0 Å². The minimum atomic E-state index is -4.57. The van der Waals surface area contributed by atoms with Gasteiger partial charge in [-0.2, -0.15) is 8.42 Å². The van der Waals surface area contributed by atoms with Crippen molar-refractivity contribution in [3.8, 4) is 11.5 Å². The summed E-state index contributed by atoms with van der Waals surface area (Å²) in [6.45, 7) is 1.72. The maximum Gasteiger partial charge on any atom is 0.446 e. The van der Waals surface area contributed by atoms with Crippen LogP contribution in [0.15, 0.2) is 18.2 Å². The quantitative estimate of drug-likeness (QED) is 0.698. The fourth-order valence-corrected chi connectivity index (χ4v) is 1.18. The molecule has 0 spiro atoms. The molecule has 1 aromatic carbocycles. The van der Waals surface area contributed by atoms with E-state index in [9.17, 15) is 8.42 Å². The van der Waals surface area contributed by atoms with Gasteiger partial charge in [-0.1, -0.05) is 6.07 Å². The Kier molecular flexibility index (Phi) is 2.44. The lowest BCUT2D eigenvalue weighted by atomic mass is 10.2. The van der Waals surface area contributed by atoms with Crippen molar-refractivity contribution in [3.05, 3.63) is 23.8 Å². The predicted molar refractivity (Wildman–Crippen MR) is 45.0 cm³/mol. The lowest BCUT2D eigenvalue weighted by molar-refractivity contribution is 0.371. The highest BCUT2D eigenvalue weighted by Crippen LogP contribution is 2.27. The molecule has 0 unspecified atom stereocenters. The van der Waals surface area contributed by atoms with Gasteiger partial charge in [0.2, 0.25) is 0 Å². The Morgan fingerprint density at radius 1 is 1.38 bits per heavy atom. The maximum absolute atomic E-state index is 10.3. The largest absolute Gasteiger partial charge is 0.504 e. The summed E-state index contributed by atoms with van der Waals surface area (Å²) in [5.41, 5.74) is 0.750. The van der Waals surface area contributed by atoms with Gasteiger partial charge >= 0.3 is 10.4 Å². The summed E-state index contributed by atoms with van der Waals surface area (Å²) in [7, 11) is -4.57. The molecule has 6 heteroatoms. The molecule has 0 heterocycles. The first kappa shape index (κ1) is 9.82. The lowest BCUT2D eigenvalue weighted by Gasteiger charge is -2.03. The monoisotopic (exact) mass is 204 g/mol. The van der Waals surface area contributed by atoms with Gasteiger partial charge in [-0.3, -0.25) is 4.55 Å². The molecule has 0 aliphatic heterocycles. The number of hydrogen-bond acceptors (Lipinski definition) is 4. The molecule has 0 saturated carbocycles. The Balaban J connectivity index is 3.04. The van der Waals surface area contributed by atoms with Crippen LogP contribution in [0.3, 0.4) is 0 Å². The molecular weight excluding hydrogens is 196 g/mol. The Morgan fingerprint density at radius 2 is 2.00 bits per heavy atom. The van der Waals surface area contributed by atoms with Crippen LogP contribution in [0.5, 0.6) is 11.5 Å². The van der Waals surface area contributed by atoms with E-state index in [4.69, 9.17) is 9.66 Å². The van der Waals surface area contributed by atoms with Crippen LogP contribution in [0.25, 0.3) is 0 Å². The molecule has 1 aromatic rings. The third kappa shape index (κ3) is 2.92.